The van der Waals surface area contributed by atoms with Crippen LogP contribution in [0, 0.1) is 0 Å². The molecular formula is C11H20O3. The van der Waals surface area contributed by atoms with Gasteiger partial charge in [0.1, 0.15) is 6.10 Å². The zero-order chi connectivity index (χ0) is 10.6. The highest BCUT2D eigenvalue weighted by Gasteiger charge is 2.31. The molecule has 0 unspecified atom stereocenters. The van der Waals surface area contributed by atoms with Crippen LogP contribution in [0.5, 0.6) is 0 Å². The van der Waals surface area contributed by atoms with Crippen molar-refractivity contribution in [2.24, 2.45) is 0 Å². The number of rotatable bonds is 3. The lowest BCUT2D eigenvalue weighted by Crippen LogP contribution is -2.38. The number of hydrogen-bond acceptors (Lipinski definition) is 3. The number of methoxy groups -OCH3 is 1. The molecule has 0 aromatic heterocycles. The number of carbonyl (C=O) groups excluding carboxylic acids is 1. The van der Waals surface area contributed by atoms with Gasteiger partial charge in [0.25, 0.3) is 0 Å². The summed E-state index contributed by atoms with van der Waals surface area (Å²) in [7, 11) is 1.53. The van der Waals surface area contributed by atoms with Gasteiger partial charge in [-0.05, 0) is 39.5 Å². The van der Waals surface area contributed by atoms with Crippen LogP contribution in [-0.4, -0.2) is 24.8 Å². The minimum Gasteiger partial charge on any atom is -0.460 e. The first-order chi connectivity index (χ1) is 6.56. The Hall–Kier alpha value is -0.570. The van der Waals surface area contributed by atoms with E-state index in [4.69, 9.17) is 9.47 Å². The SMILES string of the molecule is COC(C)(C)C(=O)OC1CCCCC1. The van der Waals surface area contributed by atoms with Crippen LogP contribution in [0.25, 0.3) is 0 Å². The fraction of sp³-hybridized carbons (Fsp3) is 0.909. The lowest BCUT2D eigenvalue weighted by atomic mass is 9.97. The molecule has 0 heterocycles. The summed E-state index contributed by atoms with van der Waals surface area (Å²) in [5, 5.41) is 0. The minimum atomic E-state index is -0.808. The monoisotopic (exact) mass is 200 g/mol. The van der Waals surface area contributed by atoms with Crippen LogP contribution in [0.1, 0.15) is 46.0 Å². The molecule has 0 spiro atoms. The van der Waals surface area contributed by atoms with E-state index in [1.165, 1.54) is 26.4 Å². The highest BCUT2D eigenvalue weighted by molar-refractivity contribution is 5.78. The lowest BCUT2D eigenvalue weighted by Gasteiger charge is -2.27. The van der Waals surface area contributed by atoms with Crippen molar-refractivity contribution >= 4 is 5.97 Å². The van der Waals surface area contributed by atoms with Crippen LogP contribution in [0.3, 0.4) is 0 Å². The van der Waals surface area contributed by atoms with E-state index in [9.17, 15) is 4.79 Å². The predicted octanol–water partition coefficient (Wildman–Crippen LogP) is 2.29. The number of carbonyl (C=O) groups is 1. The van der Waals surface area contributed by atoms with Crippen LogP contribution in [0.4, 0.5) is 0 Å². The molecule has 0 aromatic carbocycles. The van der Waals surface area contributed by atoms with Gasteiger partial charge in [-0.3, -0.25) is 0 Å². The van der Waals surface area contributed by atoms with Crippen molar-refractivity contribution in [3.05, 3.63) is 0 Å². The molecule has 3 nitrogen and oxygen atoms in total. The molecule has 1 fully saturated rings. The maximum absolute atomic E-state index is 11.6. The van der Waals surface area contributed by atoms with Crippen molar-refractivity contribution in [3.8, 4) is 0 Å². The van der Waals surface area contributed by atoms with Gasteiger partial charge in [0.2, 0.25) is 0 Å². The van der Waals surface area contributed by atoms with E-state index in [1.807, 2.05) is 0 Å². The van der Waals surface area contributed by atoms with Crippen molar-refractivity contribution in [1.82, 2.24) is 0 Å². The third kappa shape index (κ3) is 2.98. The summed E-state index contributed by atoms with van der Waals surface area (Å²) in [6.07, 6.45) is 5.74. The lowest BCUT2D eigenvalue weighted by molar-refractivity contribution is -0.172. The normalized spacial score (nSPS) is 19.4. The van der Waals surface area contributed by atoms with Crippen molar-refractivity contribution in [2.45, 2.75) is 57.7 Å². The van der Waals surface area contributed by atoms with E-state index in [0.717, 1.165) is 12.8 Å². The molecular weight excluding hydrogens is 180 g/mol. The number of esters is 1. The van der Waals surface area contributed by atoms with Gasteiger partial charge in [0.05, 0.1) is 0 Å². The molecule has 0 atom stereocenters. The minimum absolute atomic E-state index is 0.116. The zero-order valence-corrected chi connectivity index (χ0v) is 9.34. The van der Waals surface area contributed by atoms with Gasteiger partial charge in [-0.1, -0.05) is 6.42 Å². The highest BCUT2D eigenvalue weighted by Crippen LogP contribution is 2.22. The van der Waals surface area contributed by atoms with Crippen molar-refractivity contribution in [3.63, 3.8) is 0 Å². The average molecular weight is 200 g/mol. The fourth-order valence-electron chi connectivity index (χ4n) is 1.56. The summed E-state index contributed by atoms with van der Waals surface area (Å²) in [5.74, 6) is -0.244. The molecule has 1 rings (SSSR count). The van der Waals surface area contributed by atoms with Gasteiger partial charge in [-0.25, -0.2) is 4.79 Å². The van der Waals surface area contributed by atoms with Gasteiger partial charge in [-0.2, -0.15) is 0 Å². The quantitative estimate of drug-likeness (QED) is 0.656. The van der Waals surface area contributed by atoms with Gasteiger partial charge < -0.3 is 9.47 Å². The number of ether oxygens (including phenoxy) is 2. The fourth-order valence-corrected chi connectivity index (χ4v) is 1.56. The first kappa shape index (κ1) is 11.5. The summed E-state index contributed by atoms with van der Waals surface area (Å²) in [4.78, 5) is 11.6. The number of hydrogen-bond donors (Lipinski definition) is 0. The van der Waals surface area contributed by atoms with E-state index in [1.54, 1.807) is 13.8 Å². The maximum Gasteiger partial charge on any atom is 0.338 e. The predicted molar refractivity (Wildman–Crippen MR) is 54.1 cm³/mol. The Balaban J connectivity index is 2.39. The van der Waals surface area contributed by atoms with Gasteiger partial charge >= 0.3 is 5.97 Å². The second kappa shape index (κ2) is 4.78. The first-order valence-corrected chi connectivity index (χ1v) is 5.32. The Bertz CT molecular complexity index is 193. The standard InChI is InChI=1S/C11H20O3/c1-11(2,13-3)10(12)14-9-7-5-4-6-8-9/h9H,4-8H2,1-3H3. The first-order valence-electron chi connectivity index (χ1n) is 5.32. The molecule has 14 heavy (non-hydrogen) atoms. The molecule has 0 N–H and O–H groups in total. The third-order valence-electron chi connectivity index (χ3n) is 2.83. The molecule has 1 aliphatic carbocycles. The molecule has 0 aliphatic heterocycles. The second-order valence-corrected chi connectivity index (χ2v) is 4.38. The molecule has 0 saturated heterocycles. The van der Waals surface area contributed by atoms with Crippen LogP contribution in [0.2, 0.25) is 0 Å². The highest BCUT2D eigenvalue weighted by atomic mass is 16.6. The van der Waals surface area contributed by atoms with Gasteiger partial charge in [0, 0.05) is 7.11 Å². The van der Waals surface area contributed by atoms with Crippen molar-refractivity contribution < 1.29 is 14.3 Å². The van der Waals surface area contributed by atoms with E-state index < -0.39 is 5.60 Å². The second-order valence-electron chi connectivity index (χ2n) is 4.38. The van der Waals surface area contributed by atoms with Crippen LogP contribution in [0.15, 0.2) is 0 Å². The summed E-state index contributed by atoms with van der Waals surface area (Å²) in [6, 6.07) is 0. The molecule has 1 saturated carbocycles. The third-order valence-corrected chi connectivity index (χ3v) is 2.83. The summed E-state index contributed by atoms with van der Waals surface area (Å²) >= 11 is 0. The van der Waals surface area contributed by atoms with E-state index in [0.29, 0.717) is 0 Å². The summed E-state index contributed by atoms with van der Waals surface area (Å²) < 4.78 is 10.4. The largest absolute Gasteiger partial charge is 0.460 e. The van der Waals surface area contributed by atoms with Crippen molar-refractivity contribution in [1.29, 1.82) is 0 Å². The van der Waals surface area contributed by atoms with E-state index >= 15 is 0 Å². The van der Waals surface area contributed by atoms with E-state index in [2.05, 4.69) is 0 Å². The molecule has 0 amide bonds. The maximum atomic E-state index is 11.6. The van der Waals surface area contributed by atoms with Crippen molar-refractivity contribution in [2.75, 3.05) is 7.11 Å². The topological polar surface area (TPSA) is 35.5 Å². The van der Waals surface area contributed by atoms with E-state index in [-0.39, 0.29) is 12.1 Å². The Morgan fingerprint density at radius 1 is 1.21 bits per heavy atom. The Kier molecular flexibility index (Phi) is 3.93. The van der Waals surface area contributed by atoms with Crippen LogP contribution >= 0.6 is 0 Å². The Morgan fingerprint density at radius 2 is 1.79 bits per heavy atom. The van der Waals surface area contributed by atoms with Gasteiger partial charge in [-0.15, -0.1) is 0 Å². The molecule has 0 bridgehead atoms. The smallest absolute Gasteiger partial charge is 0.338 e. The molecule has 0 radical (unpaired) electrons. The van der Waals surface area contributed by atoms with Gasteiger partial charge in [0.15, 0.2) is 5.60 Å². The molecule has 82 valence electrons. The zero-order valence-electron chi connectivity index (χ0n) is 9.34. The van der Waals surface area contributed by atoms with Crippen LogP contribution < -0.4 is 0 Å². The summed E-state index contributed by atoms with van der Waals surface area (Å²) in [5.41, 5.74) is -0.808. The Morgan fingerprint density at radius 3 is 2.29 bits per heavy atom. The molecule has 0 aromatic rings. The average Bonchev–Trinajstić information content (AvgIpc) is 2.19. The Labute approximate surface area is 85.8 Å². The van der Waals surface area contributed by atoms with Crippen LogP contribution in [-0.2, 0) is 14.3 Å². The summed E-state index contributed by atoms with van der Waals surface area (Å²) in [6.45, 7) is 3.47. The molecule has 3 heteroatoms. The molecule has 1 aliphatic rings.